The topological polar surface area (TPSA) is 227 Å². The maximum atomic E-state index is 14.7. The summed E-state index contributed by atoms with van der Waals surface area (Å²) >= 11 is 0. The average molecular weight is 1000 g/mol. The van der Waals surface area contributed by atoms with E-state index in [4.69, 9.17) is 19.9 Å². The lowest BCUT2D eigenvalue weighted by molar-refractivity contribution is -0.118. The minimum atomic E-state index is -3.33. The Labute approximate surface area is 413 Å². The molecule has 0 aromatic carbocycles. The van der Waals surface area contributed by atoms with E-state index in [0.29, 0.717) is 86.0 Å². The van der Waals surface area contributed by atoms with Crippen LogP contribution in [0.4, 0.5) is 34.6 Å². The molecule has 2 unspecified atom stereocenters. The van der Waals surface area contributed by atoms with E-state index in [9.17, 15) is 26.4 Å². The Morgan fingerprint density at radius 1 is 0.690 bits per heavy atom. The van der Waals surface area contributed by atoms with Crippen molar-refractivity contribution in [3.05, 3.63) is 84.0 Å². The van der Waals surface area contributed by atoms with Gasteiger partial charge in [0.1, 0.15) is 22.7 Å². The van der Waals surface area contributed by atoms with Crippen LogP contribution in [-0.4, -0.2) is 128 Å². The van der Waals surface area contributed by atoms with Gasteiger partial charge in [0.05, 0.1) is 77.3 Å². The molecule has 2 saturated carbocycles. The zero-order chi connectivity index (χ0) is 50.1. The molecule has 71 heavy (non-hydrogen) atoms. The normalized spacial score (nSPS) is 18.9. The van der Waals surface area contributed by atoms with Crippen LogP contribution in [0.2, 0.25) is 0 Å². The third-order valence-electron chi connectivity index (χ3n) is 14.1. The summed E-state index contributed by atoms with van der Waals surface area (Å²) in [4.78, 5) is 61.1. The molecule has 2 aliphatic heterocycles. The Morgan fingerprint density at radius 2 is 1.18 bits per heavy atom. The van der Waals surface area contributed by atoms with Gasteiger partial charge < -0.3 is 29.6 Å². The predicted octanol–water partition coefficient (Wildman–Crippen LogP) is 5.54. The third-order valence-corrected chi connectivity index (χ3v) is 16.6. The van der Waals surface area contributed by atoms with Gasteiger partial charge in [0, 0.05) is 71.4 Å². The summed E-state index contributed by atoms with van der Waals surface area (Å²) in [6.07, 6.45) is 17.8. The molecule has 8 heterocycles. The number of rotatable bonds is 15. The number of aryl methyl sites for hydroxylation is 4. The lowest BCUT2D eigenvalue weighted by Gasteiger charge is -2.28. The minimum Gasteiger partial charge on any atom is -0.334 e. The van der Waals surface area contributed by atoms with Crippen LogP contribution in [0.3, 0.4) is 0 Å². The Kier molecular flexibility index (Phi) is 12.5. The van der Waals surface area contributed by atoms with Gasteiger partial charge in [0.2, 0.25) is 31.9 Å². The van der Waals surface area contributed by atoms with Crippen LogP contribution in [0, 0.1) is 11.8 Å². The first-order valence-corrected chi connectivity index (χ1v) is 27.7. The van der Waals surface area contributed by atoms with E-state index in [1.54, 1.807) is 12.7 Å². The highest BCUT2D eigenvalue weighted by molar-refractivity contribution is 7.88. The number of carbonyl (C=O) groups excluding carboxylic acids is 2. The molecule has 4 aliphatic rings. The fourth-order valence-electron chi connectivity index (χ4n) is 9.60. The number of amides is 2. The second-order valence-electron chi connectivity index (χ2n) is 19.0. The summed E-state index contributed by atoms with van der Waals surface area (Å²) in [6.45, 7) is 5.47. The number of carbonyl (C=O) groups is 2. The highest BCUT2D eigenvalue weighted by atomic mass is 32.2. The summed E-state index contributed by atoms with van der Waals surface area (Å²) in [6, 6.07) is 7.59. The summed E-state index contributed by atoms with van der Waals surface area (Å²) in [5, 5.41) is 6.22. The van der Waals surface area contributed by atoms with Gasteiger partial charge in [0.15, 0.2) is 11.6 Å². The number of aromatic nitrogens is 8. The standard InChI is InChI=1S/C49H58N14O6S2/c1-8-29-20-35(31-12-16-61(17-13-31)70(6,66)67)50-25-40(29)60(5)42-23-38-44(52-27-58(38)3)46(54-42)57-49(65)34-22-37(34)63(43-24-39-45(53-28-59(39)4)47(55-43)56-48(64)33-10-11-33)41-26-51-36(21-30(41)9-2)32-14-18-62(19-15-32)71(7,68)69/h12,14,20-21,23-28,33-34,37H,8-11,13,15-19,22H2,1-7H3,(H,54,57,65)(H,55,56,64). The Balaban J connectivity index is 0.972. The molecule has 2 fully saturated rings. The van der Waals surface area contributed by atoms with Gasteiger partial charge in [-0.1, -0.05) is 26.0 Å². The molecule has 22 heteroatoms. The molecule has 10 rings (SSSR count). The van der Waals surface area contributed by atoms with Crippen molar-refractivity contribution in [1.29, 1.82) is 0 Å². The maximum Gasteiger partial charge on any atom is 0.230 e. The molecule has 2 atom stereocenters. The van der Waals surface area contributed by atoms with E-state index in [2.05, 4.69) is 45.4 Å². The van der Waals surface area contributed by atoms with Crippen molar-refractivity contribution in [3.8, 4) is 0 Å². The number of sulfonamides is 2. The Hall–Kier alpha value is -6.62. The molecule has 0 saturated heterocycles. The van der Waals surface area contributed by atoms with Crippen LogP contribution in [0.5, 0.6) is 0 Å². The molecular weight excluding hydrogens is 945 g/mol. The predicted molar refractivity (Wildman–Crippen MR) is 274 cm³/mol. The second kappa shape index (κ2) is 18.5. The van der Waals surface area contributed by atoms with E-state index in [-0.39, 0.29) is 30.3 Å². The van der Waals surface area contributed by atoms with Gasteiger partial charge in [-0.05, 0) is 79.4 Å². The lowest BCUT2D eigenvalue weighted by atomic mass is 10.0. The summed E-state index contributed by atoms with van der Waals surface area (Å²) in [7, 11) is -0.926. The molecule has 0 spiro atoms. The fraction of sp³-hybridized carbons (Fsp3) is 0.429. The van der Waals surface area contributed by atoms with Crippen molar-refractivity contribution in [1.82, 2.24) is 47.6 Å². The number of nitrogens with zero attached hydrogens (tertiary/aromatic N) is 12. The molecule has 2 N–H and O–H groups in total. The Bertz CT molecular complexity index is 3440. The van der Waals surface area contributed by atoms with Crippen molar-refractivity contribution in [2.45, 2.75) is 64.8 Å². The van der Waals surface area contributed by atoms with E-state index < -0.39 is 26.0 Å². The first-order valence-electron chi connectivity index (χ1n) is 24.0. The van der Waals surface area contributed by atoms with Crippen LogP contribution in [0.15, 0.2) is 61.5 Å². The summed E-state index contributed by atoms with van der Waals surface area (Å²) in [5.41, 5.74) is 9.72. The number of imidazole rings is 2. The van der Waals surface area contributed by atoms with Gasteiger partial charge in [-0.2, -0.15) is 8.61 Å². The maximum absolute atomic E-state index is 14.7. The zero-order valence-electron chi connectivity index (χ0n) is 40.9. The smallest absolute Gasteiger partial charge is 0.230 e. The van der Waals surface area contributed by atoms with Gasteiger partial charge in [-0.25, -0.2) is 36.8 Å². The van der Waals surface area contributed by atoms with Crippen LogP contribution < -0.4 is 20.4 Å². The zero-order valence-corrected chi connectivity index (χ0v) is 42.5. The molecule has 2 aliphatic carbocycles. The lowest BCUT2D eigenvalue weighted by Crippen LogP contribution is -2.33. The number of hydrogen-bond acceptors (Lipinski definition) is 14. The molecule has 20 nitrogen and oxygen atoms in total. The number of fused-ring (bicyclic) bond motifs is 2. The van der Waals surface area contributed by atoms with Crippen LogP contribution in [-0.2, 0) is 56.6 Å². The fourth-order valence-corrected chi connectivity index (χ4v) is 11.1. The van der Waals surface area contributed by atoms with E-state index >= 15 is 0 Å². The SMILES string of the molecule is CCc1cc(C2=CCN(S(C)(=O)=O)CC2)ncc1N(C)c1cc2c(ncn2C)c(NC(=O)C2CC2N(c2cc3c(ncn3C)c(NC(=O)C3CC3)n2)c2cnc(C3=CCN(S(C)(=O)=O)CC3)cc2CC)n1. The largest absolute Gasteiger partial charge is 0.334 e. The number of nitrogens with one attached hydrogen (secondary N) is 2. The molecule has 0 radical (unpaired) electrons. The van der Waals surface area contributed by atoms with E-state index in [1.165, 1.54) is 21.1 Å². The Morgan fingerprint density at radius 3 is 1.68 bits per heavy atom. The molecule has 372 valence electrons. The minimum absolute atomic E-state index is 0.0691. The number of pyridine rings is 4. The first kappa shape index (κ1) is 48.0. The van der Waals surface area contributed by atoms with Crippen LogP contribution in [0.25, 0.3) is 33.2 Å². The first-order chi connectivity index (χ1) is 33.9. The van der Waals surface area contributed by atoms with Crippen molar-refractivity contribution in [2.24, 2.45) is 25.9 Å². The molecular formula is C49H58N14O6S2. The van der Waals surface area contributed by atoms with E-state index in [0.717, 1.165) is 68.9 Å². The highest BCUT2D eigenvalue weighted by Gasteiger charge is 2.49. The van der Waals surface area contributed by atoms with E-state index in [1.807, 2.05) is 77.9 Å². The molecule has 2 amide bonds. The van der Waals surface area contributed by atoms with Crippen LogP contribution in [0.1, 0.15) is 68.5 Å². The van der Waals surface area contributed by atoms with Crippen molar-refractivity contribution in [2.75, 3.05) is 66.2 Å². The van der Waals surface area contributed by atoms with Crippen molar-refractivity contribution < 1.29 is 26.4 Å². The number of anilines is 6. The number of hydrogen-bond donors (Lipinski definition) is 2. The van der Waals surface area contributed by atoms with Crippen molar-refractivity contribution in [3.63, 3.8) is 0 Å². The van der Waals surface area contributed by atoms with Gasteiger partial charge in [-0.15, -0.1) is 0 Å². The van der Waals surface area contributed by atoms with Gasteiger partial charge in [-0.3, -0.25) is 19.6 Å². The van der Waals surface area contributed by atoms with Crippen molar-refractivity contribution >= 4 is 99.7 Å². The van der Waals surface area contributed by atoms with Gasteiger partial charge in [0.25, 0.3) is 0 Å². The second-order valence-corrected chi connectivity index (χ2v) is 23.0. The van der Waals surface area contributed by atoms with Gasteiger partial charge >= 0.3 is 0 Å². The third kappa shape index (κ3) is 9.52. The molecule has 6 aromatic heterocycles. The molecule has 6 aromatic rings. The monoisotopic (exact) mass is 1000 g/mol. The quantitative estimate of drug-likeness (QED) is 0.129. The summed E-state index contributed by atoms with van der Waals surface area (Å²) in [5.74, 6) is 0.818. The molecule has 0 bridgehead atoms. The average Bonchev–Trinajstić information content (AvgIpc) is 4.29. The summed E-state index contributed by atoms with van der Waals surface area (Å²) < 4.78 is 55.5. The van der Waals surface area contributed by atoms with Crippen LogP contribution >= 0.6 is 0 Å². The highest BCUT2D eigenvalue weighted by Crippen LogP contribution is 2.46.